The lowest BCUT2D eigenvalue weighted by atomic mass is 10.2. The van der Waals surface area contributed by atoms with Crippen LogP contribution in [-0.2, 0) is 6.54 Å². The summed E-state index contributed by atoms with van der Waals surface area (Å²) in [7, 11) is 0. The summed E-state index contributed by atoms with van der Waals surface area (Å²) in [5.41, 5.74) is 1.28. The zero-order valence-electron chi connectivity index (χ0n) is 11.4. The molecule has 1 aromatic rings. The van der Waals surface area contributed by atoms with E-state index in [4.69, 9.17) is 0 Å². The van der Waals surface area contributed by atoms with Crippen molar-refractivity contribution in [3.63, 3.8) is 0 Å². The minimum Gasteiger partial charge on any atom is -0.392 e. The van der Waals surface area contributed by atoms with E-state index in [0.717, 1.165) is 11.0 Å². The van der Waals surface area contributed by atoms with Gasteiger partial charge in [0.1, 0.15) is 0 Å². The second-order valence-corrected chi connectivity index (χ2v) is 7.19. The van der Waals surface area contributed by atoms with Crippen molar-refractivity contribution in [3.05, 3.63) is 28.2 Å². The highest BCUT2D eigenvalue weighted by Gasteiger charge is 2.13. The smallest absolute Gasteiger partial charge is 0.0631 e. The molecule has 1 aromatic carbocycles. The normalized spacial score (nSPS) is 14.8. The van der Waals surface area contributed by atoms with E-state index in [-0.39, 0.29) is 11.4 Å². The topological polar surface area (TPSA) is 32.3 Å². The van der Waals surface area contributed by atoms with Gasteiger partial charge in [0, 0.05) is 27.2 Å². The second-order valence-electron chi connectivity index (χ2n) is 4.85. The van der Waals surface area contributed by atoms with Gasteiger partial charge in [-0.1, -0.05) is 42.8 Å². The molecule has 2 N–H and O–H groups in total. The predicted molar refractivity (Wildman–Crippen MR) is 83.1 cm³/mol. The molecule has 2 unspecified atom stereocenters. The van der Waals surface area contributed by atoms with Crippen molar-refractivity contribution < 1.29 is 5.11 Å². The second kappa shape index (κ2) is 7.53. The SMILES string of the molecule is CC(C)NCc1ccc(Br)cc1SC(C)C(C)O. The van der Waals surface area contributed by atoms with Gasteiger partial charge in [-0.05, 0) is 24.6 Å². The van der Waals surface area contributed by atoms with E-state index < -0.39 is 0 Å². The molecule has 102 valence electrons. The fraction of sp³-hybridized carbons (Fsp3) is 0.571. The van der Waals surface area contributed by atoms with Crippen LogP contribution in [0.5, 0.6) is 0 Å². The molecule has 0 radical (unpaired) electrons. The van der Waals surface area contributed by atoms with Crippen molar-refractivity contribution in [2.24, 2.45) is 0 Å². The van der Waals surface area contributed by atoms with Crippen LogP contribution in [0.15, 0.2) is 27.6 Å². The summed E-state index contributed by atoms with van der Waals surface area (Å²) in [6, 6.07) is 6.80. The maximum absolute atomic E-state index is 9.61. The van der Waals surface area contributed by atoms with Crippen LogP contribution in [0.1, 0.15) is 33.3 Å². The number of nitrogens with one attached hydrogen (secondary N) is 1. The minimum absolute atomic E-state index is 0.192. The van der Waals surface area contributed by atoms with Gasteiger partial charge in [-0.25, -0.2) is 0 Å². The molecule has 0 amide bonds. The number of aliphatic hydroxyl groups is 1. The van der Waals surface area contributed by atoms with Crippen molar-refractivity contribution in [3.8, 4) is 0 Å². The van der Waals surface area contributed by atoms with Crippen LogP contribution >= 0.6 is 27.7 Å². The van der Waals surface area contributed by atoms with Crippen molar-refractivity contribution in [1.29, 1.82) is 0 Å². The predicted octanol–water partition coefficient (Wildman–Crippen LogP) is 3.81. The monoisotopic (exact) mass is 331 g/mol. The Morgan fingerprint density at radius 1 is 1.28 bits per heavy atom. The summed E-state index contributed by atoms with van der Waals surface area (Å²) >= 11 is 5.23. The molecule has 0 heterocycles. The maximum Gasteiger partial charge on any atom is 0.0631 e. The van der Waals surface area contributed by atoms with Crippen LogP contribution < -0.4 is 5.32 Å². The summed E-state index contributed by atoms with van der Waals surface area (Å²) in [5.74, 6) is 0. The molecular formula is C14H22BrNOS. The summed E-state index contributed by atoms with van der Waals surface area (Å²) in [6.07, 6.45) is -0.306. The Hall–Kier alpha value is -0.0300. The Kier molecular flexibility index (Phi) is 6.71. The fourth-order valence-electron chi connectivity index (χ4n) is 1.40. The zero-order chi connectivity index (χ0) is 13.7. The third kappa shape index (κ3) is 5.31. The van der Waals surface area contributed by atoms with E-state index in [1.165, 1.54) is 10.5 Å². The lowest BCUT2D eigenvalue weighted by Crippen LogP contribution is -2.22. The molecule has 0 aliphatic carbocycles. The van der Waals surface area contributed by atoms with Crippen LogP contribution in [-0.4, -0.2) is 22.5 Å². The van der Waals surface area contributed by atoms with E-state index in [0.29, 0.717) is 6.04 Å². The lowest BCUT2D eigenvalue weighted by Gasteiger charge is -2.18. The van der Waals surface area contributed by atoms with Crippen LogP contribution in [0, 0.1) is 0 Å². The summed E-state index contributed by atoms with van der Waals surface area (Å²) in [4.78, 5) is 1.23. The lowest BCUT2D eigenvalue weighted by molar-refractivity contribution is 0.196. The average molecular weight is 332 g/mol. The van der Waals surface area contributed by atoms with E-state index in [9.17, 15) is 5.11 Å². The standard InChI is InChI=1S/C14H22BrNOS/c1-9(2)16-8-12-5-6-13(15)7-14(12)18-11(4)10(3)17/h5-7,9-11,16-17H,8H2,1-4H3. The molecule has 0 aliphatic rings. The average Bonchev–Trinajstić information content (AvgIpc) is 2.27. The molecule has 0 saturated heterocycles. The number of aliphatic hydroxyl groups excluding tert-OH is 1. The first kappa shape index (κ1) is 16.0. The Labute approximate surface area is 123 Å². The van der Waals surface area contributed by atoms with E-state index in [1.54, 1.807) is 11.8 Å². The highest BCUT2D eigenvalue weighted by atomic mass is 79.9. The van der Waals surface area contributed by atoms with Crippen LogP contribution in [0.2, 0.25) is 0 Å². The first-order valence-electron chi connectivity index (χ1n) is 6.26. The first-order chi connectivity index (χ1) is 8.40. The Morgan fingerprint density at radius 2 is 1.94 bits per heavy atom. The minimum atomic E-state index is -0.306. The van der Waals surface area contributed by atoms with Gasteiger partial charge in [-0.15, -0.1) is 11.8 Å². The van der Waals surface area contributed by atoms with Gasteiger partial charge in [0.2, 0.25) is 0 Å². The summed E-state index contributed by atoms with van der Waals surface area (Å²) in [6.45, 7) is 9.03. The first-order valence-corrected chi connectivity index (χ1v) is 7.94. The number of thioether (sulfide) groups is 1. The Bertz CT molecular complexity index is 382. The van der Waals surface area contributed by atoms with Crippen molar-refractivity contribution in [1.82, 2.24) is 5.32 Å². The van der Waals surface area contributed by atoms with Crippen molar-refractivity contribution in [2.75, 3.05) is 0 Å². The molecule has 0 spiro atoms. The highest BCUT2D eigenvalue weighted by molar-refractivity contribution is 9.10. The number of hydrogen-bond acceptors (Lipinski definition) is 3. The van der Waals surface area contributed by atoms with Gasteiger partial charge < -0.3 is 10.4 Å². The summed E-state index contributed by atoms with van der Waals surface area (Å²) < 4.78 is 1.08. The van der Waals surface area contributed by atoms with E-state index in [1.807, 2.05) is 6.92 Å². The van der Waals surface area contributed by atoms with E-state index >= 15 is 0 Å². The van der Waals surface area contributed by atoms with Crippen LogP contribution in [0.25, 0.3) is 0 Å². The molecular weight excluding hydrogens is 310 g/mol. The largest absolute Gasteiger partial charge is 0.392 e. The molecule has 0 aromatic heterocycles. The molecule has 0 saturated carbocycles. The summed E-state index contributed by atoms with van der Waals surface area (Å²) in [5, 5.41) is 13.2. The van der Waals surface area contributed by atoms with Crippen molar-refractivity contribution in [2.45, 2.75) is 56.5 Å². The molecule has 1 rings (SSSR count). The molecule has 18 heavy (non-hydrogen) atoms. The highest BCUT2D eigenvalue weighted by Crippen LogP contribution is 2.31. The maximum atomic E-state index is 9.61. The van der Waals surface area contributed by atoms with Gasteiger partial charge in [0.05, 0.1) is 6.10 Å². The molecule has 2 atom stereocenters. The fourth-order valence-corrected chi connectivity index (χ4v) is 2.99. The third-order valence-electron chi connectivity index (χ3n) is 2.72. The molecule has 4 heteroatoms. The van der Waals surface area contributed by atoms with Gasteiger partial charge in [0.15, 0.2) is 0 Å². The van der Waals surface area contributed by atoms with Gasteiger partial charge in [-0.3, -0.25) is 0 Å². The number of benzene rings is 1. The Morgan fingerprint density at radius 3 is 2.50 bits per heavy atom. The van der Waals surface area contributed by atoms with Crippen molar-refractivity contribution >= 4 is 27.7 Å². The van der Waals surface area contributed by atoms with E-state index in [2.05, 4.69) is 60.2 Å². The molecule has 2 nitrogen and oxygen atoms in total. The number of hydrogen-bond donors (Lipinski definition) is 2. The van der Waals surface area contributed by atoms with Gasteiger partial charge in [-0.2, -0.15) is 0 Å². The van der Waals surface area contributed by atoms with Crippen LogP contribution in [0.3, 0.4) is 0 Å². The molecule has 0 aliphatic heterocycles. The molecule has 0 fully saturated rings. The van der Waals surface area contributed by atoms with Crippen LogP contribution in [0.4, 0.5) is 0 Å². The Balaban J connectivity index is 2.82. The zero-order valence-corrected chi connectivity index (χ0v) is 13.8. The van der Waals surface area contributed by atoms with Gasteiger partial charge in [0.25, 0.3) is 0 Å². The molecule has 0 bridgehead atoms. The number of halogens is 1. The number of rotatable bonds is 6. The third-order valence-corrected chi connectivity index (χ3v) is 4.62. The quantitative estimate of drug-likeness (QED) is 0.777. The van der Waals surface area contributed by atoms with Gasteiger partial charge >= 0.3 is 0 Å².